The summed E-state index contributed by atoms with van der Waals surface area (Å²) in [5.74, 6) is 0. The molecule has 7 heteroatoms. The van der Waals surface area contributed by atoms with Gasteiger partial charge in [0, 0.05) is 5.56 Å². The van der Waals surface area contributed by atoms with E-state index in [0.717, 1.165) is 0 Å². The number of hydrogen-bond acceptors (Lipinski definition) is 3. The van der Waals surface area contributed by atoms with E-state index in [2.05, 4.69) is 4.39 Å². The lowest BCUT2D eigenvalue weighted by molar-refractivity contribution is 0.589. The normalized spacial score (nSPS) is 12.6. The molecule has 0 spiro atoms. The van der Waals surface area contributed by atoms with Gasteiger partial charge >= 0.3 is 0 Å². The minimum Gasteiger partial charge on any atom is -0.389 e. The average Bonchev–Trinajstić information content (AvgIpc) is 2.26. The van der Waals surface area contributed by atoms with Gasteiger partial charge in [0.25, 0.3) is 0 Å². The van der Waals surface area contributed by atoms with Gasteiger partial charge in [-0.2, -0.15) is 0 Å². The zero-order valence-electron chi connectivity index (χ0n) is 12.5. The van der Waals surface area contributed by atoms with E-state index in [4.69, 9.17) is 18.0 Å². The quantitative estimate of drug-likeness (QED) is 0.648. The first-order chi connectivity index (χ1) is 8.88. The summed E-state index contributed by atoms with van der Waals surface area (Å²) in [5.41, 5.74) is 5.99. The van der Waals surface area contributed by atoms with Crippen LogP contribution >= 0.6 is 12.2 Å². The maximum absolute atomic E-state index is 12.6. The first kappa shape index (κ1) is 20.2. The van der Waals surface area contributed by atoms with Crippen LogP contribution in [0.3, 0.4) is 0 Å². The highest BCUT2D eigenvalue weighted by molar-refractivity contribution is 7.91. The van der Waals surface area contributed by atoms with Crippen molar-refractivity contribution in [2.75, 3.05) is 0 Å². The summed E-state index contributed by atoms with van der Waals surface area (Å²) in [7, 11) is -5.84. The highest BCUT2D eigenvalue weighted by atomic mass is 32.2. The zero-order valence-corrected chi connectivity index (χ0v) is 15.2. The van der Waals surface area contributed by atoms with Gasteiger partial charge in [-0.1, -0.05) is 71.7 Å². The Labute approximate surface area is 135 Å². The van der Waals surface area contributed by atoms with E-state index in [0.29, 0.717) is 5.56 Å². The Kier molecular flexibility index (Phi) is 6.32. The van der Waals surface area contributed by atoms with Gasteiger partial charge in [0.2, 0.25) is 10.0 Å². The molecule has 0 atom stereocenters. The van der Waals surface area contributed by atoms with Crippen LogP contribution in [-0.2, 0) is 10.0 Å². The molecule has 0 amide bonds. The van der Waals surface area contributed by atoms with Crippen molar-refractivity contribution in [1.29, 1.82) is 0 Å². The monoisotopic (exact) mass is 346 g/mol. The molecule has 0 saturated carbocycles. The molecule has 0 aliphatic carbocycles. The van der Waals surface area contributed by atoms with Gasteiger partial charge in [-0.25, -0.2) is 12.8 Å². The van der Waals surface area contributed by atoms with Crippen LogP contribution < -0.4 is 10.1 Å². The Morgan fingerprint density at radius 1 is 1.24 bits per heavy atom. The van der Waals surface area contributed by atoms with Crippen molar-refractivity contribution in [3.05, 3.63) is 29.8 Å². The third-order valence-electron chi connectivity index (χ3n) is 3.71. The molecule has 0 aromatic heterocycles. The van der Waals surface area contributed by atoms with Crippen molar-refractivity contribution in [1.82, 2.24) is 4.39 Å². The molecule has 1 rings (SSSR count). The summed E-state index contributed by atoms with van der Waals surface area (Å²) in [5, 5.41) is -0.0990. The molecule has 0 radical (unpaired) electrons. The molecular weight excluding hydrogens is 320 g/mol. The van der Waals surface area contributed by atoms with Gasteiger partial charge in [0.15, 0.2) is 0 Å². The molecule has 3 N–H and O–H groups in total. The van der Waals surface area contributed by atoms with Crippen molar-refractivity contribution < 1.29 is 8.42 Å². The molecule has 0 unspecified atom stereocenters. The maximum Gasteiger partial charge on any atom is 0.235 e. The fourth-order valence-corrected chi connectivity index (χ4v) is 6.77. The van der Waals surface area contributed by atoms with Crippen molar-refractivity contribution in [3.63, 3.8) is 0 Å². The molecule has 0 aliphatic heterocycles. The Morgan fingerprint density at radius 2 is 1.71 bits per heavy atom. The average molecular weight is 347 g/mol. The van der Waals surface area contributed by atoms with Gasteiger partial charge in [-0.15, -0.1) is 0 Å². The molecule has 0 saturated heterocycles. The smallest absolute Gasteiger partial charge is 0.235 e. The van der Waals surface area contributed by atoms with E-state index >= 15 is 0 Å². The molecule has 0 bridgehead atoms. The number of rotatable bonds is 4. The van der Waals surface area contributed by atoms with E-state index in [1.165, 1.54) is 6.07 Å². The third kappa shape index (κ3) is 4.60. The molecule has 0 aliphatic rings. The molecule has 0 fully saturated rings. The summed E-state index contributed by atoms with van der Waals surface area (Å²) in [4.78, 5) is 0.235. The number of benzene rings is 1. The third-order valence-corrected chi connectivity index (χ3v) is 11.7. The van der Waals surface area contributed by atoms with Crippen LogP contribution in [0.2, 0.25) is 18.1 Å². The molecule has 1 aromatic carbocycles. The first-order valence-electron chi connectivity index (χ1n) is 6.31. The Morgan fingerprint density at radius 3 is 2.14 bits per heavy atom. The van der Waals surface area contributed by atoms with Gasteiger partial charge in [0.1, 0.15) is 13.2 Å². The minimum atomic E-state index is -3.63. The van der Waals surface area contributed by atoms with Crippen molar-refractivity contribution in [3.8, 4) is 0 Å². The van der Waals surface area contributed by atoms with E-state index in [9.17, 15) is 8.42 Å². The Bertz CT molecular complexity index is 620. The number of nitrogens with one attached hydrogen (secondary N) is 1. The molecule has 4 nitrogen and oxygen atoms in total. The maximum atomic E-state index is 12.6. The standard InChI is InChI=1S/C13H22N2O2S2Si.CH4/c1-13(2,3)20(4,5)15-19(16,17)11-9-7-6-8-10(11)12(14)18;/h6-9,15H,1-5H3,(H2,14,18);1H4. The van der Waals surface area contributed by atoms with Crippen molar-refractivity contribution in [2.45, 2.75) is 51.2 Å². The summed E-state index contributed by atoms with van der Waals surface area (Å²) in [6, 6.07) is 6.55. The number of hydrogen-bond donors (Lipinski definition) is 2. The number of thiocarbonyl (C=S) groups is 1. The van der Waals surface area contributed by atoms with Gasteiger partial charge in [-0.3, -0.25) is 0 Å². The zero-order chi connectivity index (χ0) is 15.8. The topological polar surface area (TPSA) is 72.2 Å². The van der Waals surface area contributed by atoms with Crippen molar-refractivity contribution >= 4 is 35.5 Å². The molecule has 21 heavy (non-hydrogen) atoms. The van der Waals surface area contributed by atoms with Gasteiger partial charge in [0.05, 0.1) is 4.90 Å². The van der Waals surface area contributed by atoms with Crippen LogP contribution in [-0.4, -0.2) is 21.6 Å². The lowest BCUT2D eigenvalue weighted by Gasteiger charge is -2.36. The largest absolute Gasteiger partial charge is 0.389 e. The van der Waals surface area contributed by atoms with Crippen LogP contribution in [0, 0.1) is 0 Å². The Balaban J connectivity index is 0.00000400. The summed E-state index contributed by atoms with van der Waals surface area (Å²) < 4.78 is 28.1. The molecular formula is C14H26N2O2S2Si. The molecule has 0 heterocycles. The van der Waals surface area contributed by atoms with Gasteiger partial charge in [-0.05, 0) is 11.1 Å². The fourth-order valence-electron chi connectivity index (χ4n) is 1.45. The van der Waals surface area contributed by atoms with Crippen LogP contribution in [0.1, 0.15) is 33.8 Å². The van der Waals surface area contributed by atoms with E-state index in [1.54, 1.807) is 18.2 Å². The second kappa shape index (κ2) is 6.56. The lowest BCUT2D eigenvalue weighted by Crippen LogP contribution is -2.54. The second-order valence-corrected chi connectivity index (χ2v) is 13.8. The van der Waals surface area contributed by atoms with Crippen LogP contribution in [0.5, 0.6) is 0 Å². The van der Waals surface area contributed by atoms with Crippen LogP contribution in [0.4, 0.5) is 0 Å². The minimum absolute atomic E-state index is 0. The summed E-state index contributed by atoms with van der Waals surface area (Å²) >= 11 is 4.93. The summed E-state index contributed by atoms with van der Waals surface area (Å²) in [6.45, 7) is 10.1. The lowest BCUT2D eigenvalue weighted by atomic mass is 10.2. The Hall–Kier alpha value is -0.763. The van der Waals surface area contributed by atoms with E-state index < -0.39 is 18.3 Å². The molecule has 120 valence electrons. The van der Waals surface area contributed by atoms with Crippen LogP contribution in [0.25, 0.3) is 0 Å². The first-order valence-corrected chi connectivity index (χ1v) is 11.2. The highest BCUT2D eigenvalue weighted by Crippen LogP contribution is 2.35. The highest BCUT2D eigenvalue weighted by Gasteiger charge is 2.39. The van der Waals surface area contributed by atoms with Crippen molar-refractivity contribution in [2.24, 2.45) is 5.73 Å². The fraction of sp³-hybridized carbons (Fsp3) is 0.500. The predicted molar refractivity (Wildman–Crippen MR) is 96.6 cm³/mol. The second-order valence-electron chi connectivity index (χ2n) is 6.34. The van der Waals surface area contributed by atoms with Gasteiger partial charge < -0.3 is 5.73 Å². The van der Waals surface area contributed by atoms with E-state index in [1.807, 2.05) is 33.9 Å². The predicted octanol–water partition coefficient (Wildman–Crippen LogP) is 3.24. The van der Waals surface area contributed by atoms with Crippen LogP contribution in [0.15, 0.2) is 29.2 Å². The number of sulfonamides is 1. The van der Waals surface area contributed by atoms with E-state index in [-0.39, 0.29) is 22.3 Å². The molecule has 1 aromatic rings. The SMILES string of the molecule is C.CC(C)(C)[Si](C)(C)NS(=O)(=O)c1ccccc1C(N)=S. The number of nitrogens with two attached hydrogens (primary N) is 1. The summed E-state index contributed by atoms with van der Waals surface area (Å²) in [6.07, 6.45) is 0.